The van der Waals surface area contributed by atoms with Gasteiger partial charge in [-0.3, -0.25) is 19.3 Å². The monoisotopic (exact) mass is 589 g/mol. The molecule has 2 aromatic carbocycles. The number of nitrogens with zero attached hydrogens (tertiary/aromatic N) is 5. The number of fused-ring (bicyclic) bond motifs is 1. The Kier molecular flexibility index (Phi) is 9.80. The molecule has 3 aromatic rings. The molecule has 0 aliphatic carbocycles. The first-order valence-corrected chi connectivity index (χ1v) is 14.7. The zero-order chi connectivity index (χ0) is 30.3. The molecule has 2 amide bonds. The summed E-state index contributed by atoms with van der Waals surface area (Å²) in [7, 11) is 1.28. The number of hydrogen-bond donors (Lipinski definition) is 2. The van der Waals surface area contributed by atoms with Crippen LogP contribution in [0.2, 0.25) is 0 Å². The number of carbonyl (C=O) groups is 4. The Morgan fingerprint density at radius 1 is 1.16 bits per heavy atom. The lowest BCUT2D eigenvalue weighted by Crippen LogP contribution is -2.59. The minimum absolute atomic E-state index is 0.00680. The Morgan fingerprint density at radius 3 is 2.72 bits per heavy atom. The lowest BCUT2D eigenvalue weighted by Gasteiger charge is -2.35. The molecule has 12 nitrogen and oxygen atoms in total. The molecule has 2 aliphatic heterocycles. The minimum Gasteiger partial charge on any atom is -0.467 e. The van der Waals surface area contributed by atoms with Crippen molar-refractivity contribution in [2.75, 3.05) is 39.8 Å². The number of H-pyrrole nitrogens is 1. The van der Waals surface area contributed by atoms with Gasteiger partial charge in [0.1, 0.15) is 11.8 Å². The molecule has 0 radical (unpaired) electrons. The fourth-order valence-corrected chi connectivity index (χ4v) is 5.92. The number of imidazole rings is 1. The molecular formula is C31H39N7O5. The molecule has 0 saturated carbocycles. The second-order valence-corrected chi connectivity index (χ2v) is 11.2. The van der Waals surface area contributed by atoms with E-state index in [1.807, 2.05) is 28.0 Å². The largest absolute Gasteiger partial charge is 0.467 e. The number of aromatic amines is 1. The van der Waals surface area contributed by atoms with Gasteiger partial charge < -0.3 is 14.6 Å². The number of methoxy groups -OCH3 is 1. The van der Waals surface area contributed by atoms with Crippen LogP contribution in [0.1, 0.15) is 37.4 Å². The number of nitrogens with one attached hydrogen (secondary N) is 2. The van der Waals surface area contributed by atoms with E-state index >= 15 is 0 Å². The molecule has 2 fully saturated rings. The van der Waals surface area contributed by atoms with E-state index in [1.165, 1.54) is 12.1 Å². The van der Waals surface area contributed by atoms with Gasteiger partial charge in [-0.25, -0.2) is 19.8 Å². The Balaban J connectivity index is 1.39. The summed E-state index contributed by atoms with van der Waals surface area (Å²) in [5.41, 5.74) is 4.75. The zero-order valence-corrected chi connectivity index (χ0v) is 24.7. The SMILES string of the molecule is COC(=O)[C@H](C)N(NN1CCC(=O)C1)C(=O)CN(Cc1cccc2ccccc12)C[C@@H]1CCCN1C(=O)Cc1c[nH]cn1. The molecule has 2 atom stereocenters. The number of likely N-dealkylation sites (tertiary alicyclic amines) is 1. The predicted molar refractivity (Wildman–Crippen MR) is 159 cm³/mol. The van der Waals surface area contributed by atoms with Crippen LogP contribution in [0.25, 0.3) is 10.8 Å². The molecule has 0 unspecified atom stereocenters. The quantitative estimate of drug-likeness (QED) is 0.239. The van der Waals surface area contributed by atoms with Crippen LogP contribution in [0.3, 0.4) is 0 Å². The molecular weight excluding hydrogens is 550 g/mol. The smallest absolute Gasteiger partial charge is 0.329 e. The summed E-state index contributed by atoms with van der Waals surface area (Å²) < 4.78 is 4.95. The van der Waals surface area contributed by atoms with Gasteiger partial charge in [0, 0.05) is 44.8 Å². The van der Waals surface area contributed by atoms with Crippen LogP contribution in [0.15, 0.2) is 55.0 Å². The van der Waals surface area contributed by atoms with Gasteiger partial charge in [-0.15, -0.1) is 0 Å². The van der Waals surface area contributed by atoms with E-state index in [0.29, 0.717) is 38.3 Å². The van der Waals surface area contributed by atoms with Crippen LogP contribution >= 0.6 is 0 Å². The number of aromatic nitrogens is 2. The second kappa shape index (κ2) is 13.9. The summed E-state index contributed by atoms with van der Waals surface area (Å²) in [6, 6.07) is 13.2. The lowest BCUT2D eigenvalue weighted by molar-refractivity contribution is -0.160. The Hall–Kier alpha value is -4.13. The maximum atomic E-state index is 13.9. The number of benzene rings is 2. The number of ketones is 1. The van der Waals surface area contributed by atoms with Crippen LogP contribution in [0.5, 0.6) is 0 Å². The van der Waals surface area contributed by atoms with Gasteiger partial charge in [0.25, 0.3) is 5.91 Å². The number of carbonyl (C=O) groups excluding carboxylic acids is 4. The van der Waals surface area contributed by atoms with Crippen molar-refractivity contribution >= 4 is 34.3 Å². The highest BCUT2D eigenvalue weighted by molar-refractivity contribution is 5.87. The fourth-order valence-electron chi connectivity index (χ4n) is 5.92. The molecule has 2 N–H and O–H groups in total. The molecule has 1 aromatic heterocycles. The third-order valence-corrected chi connectivity index (χ3v) is 8.16. The summed E-state index contributed by atoms with van der Waals surface area (Å²) in [6.45, 7) is 3.75. The van der Waals surface area contributed by atoms with Crippen molar-refractivity contribution in [3.63, 3.8) is 0 Å². The lowest BCUT2D eigenvalue weighted by atomic mass is 10.0. The average Bonchev–Trinajstić information content (AvgIpc) is 3.78. The minimum atomic E-state index is -0.925. The number of ether oxygens (including phenoxy) is 1. The normalized spacial score (nSPS) is 18.0. The van der Waals surface area contributed by atoms with Gasteiger partial charge in [0.15, 0.2) is 0 Å². The van der Waals surface area contributed by atoms with Gasteiger partial charge in [-0.2, -0.15) is 5.53 Å². The fraction of sp³-hybridized carbons (Fsp3) is 0.452. The van der Waals surface area contributed by atoms with Crippen molar-refractivity contribution in [3.05, 3.63) is 66.2 Å². The second-order valence-electron chi connectivity index (χ2n) is 11.2. The van der Waals surface area contributed by atoms with Gasteiger partial charge in [0.05, 0.1) is 38.6 Å². The standard InChI is InChI=1S/C31H39N7O5/c1-22(31(42)43-2)38(34-36-14-12-27(39)19-36)30(41)20-35(17-24-9-5-8-23-7-3-4-11-28(23)24)18-26-10-6-13-37(26)29(40)15-25-16-32-21-33-25/h3-5,7-9,11,16,21-22,26,34H,6,10,12-15,17-20H2,1-2H3,(H,32,33)/t22-,26-/m0/s1. The zero-order valence-electron chi connectivity index (χ0n) is 24.7. The van der Waals surface area contributed by atoms with E-state index in [-0.39, 0.29) is 43.1 Å². The molecule has 0 spiro atoms. The number of amides is 2. The van der Waals surface area contributed by atoms with E-state index in [2.05, 4.69) is 39.8 Å². The van der Waals surface area contributed by atoms with Gasteiger partial charge in [0.2, 0.25) is 5.91 Å². The van der Waals surface area contributed by atoms with E-state index in [9.17, 15) is 19.2 Å². The van der Waals surface area contributed by atoms with Crippen LogP contribution < -0.4 is 5.53 Å². The van der Waals surface area contributed by atoms with E-state index in [4.69, 9.17) is 4.74 Å². The van der Waals surface area contributed by atoms with Crippen molar-refractivity contribution in [2.45, 2.75) is 51.2 Å². The molecule has 2 aliphatic rings. The number of hydrogen-bond acceptors (Lipinski definition) is 9. The van der Waals surface area contributed by atoms with Gasteiger partial charge in [-0.05, 0) is 36.1 Å². The van der Waals surface area contributed by atoms with Crippen LogP contribution in [-0.4, -0.2) is 105 Å². The topological polar surface area (TPSA) is 131 Å². The van der Waals surface area contributed by atoms with E-state index < -0.39 is 12.0 Å². The van der Waals surface area contributed by atoms with E-state index in [1.54, 1.807) is 24.5 Å². The van der Waals surface area contributed by atoms with Crippen molar-refractivity contribution in [2.24, 2.45) is 0 Å². The first-order chi connectivity index (χ1) is 20.8. The highest BCUT2D eigenvalue weighted by atomic mass is 16.5. The molecule has 2 saturated heterocycles. The highest BCUT2D eigenvalue weighted by Crippen LogP contribution is 2.24. The summed E-state index contributed by atoms with van der Waals surface area (Å²) in [5, 5.41) is 5.09. The van der Waals surface area contributed by atoms with Crippen molar-refractivity contribution in [1.29, 1.82) is 0 Å². The third-order valence-electron chi connectivity index (χ3n) is 8.16. The number of Topliss-reactive ketones (excluding diaryl/α,β-unsaturated/α-hetero) is 1. The Bertz CT molecular complexity index is 1440. The average molecular weight is 590 g/mol. The summed E-state index contributed by atoms with van der Waals surface area (Å²) in [5.74, 6) is -0.848. The molecule has 43 heavy (non-hydrogen) atoms. The van der Waals surface area contributed by atoms with Crippen molar-refractivity contribution < 1.29 is 23.9 Å². The summed E-state index contributed by atoms with van der Waals surface area (Å²) >= 11 is 0. The molecule has 5 rings (SSSR count). The predicted octanol–water partition coefficient (Wildman–Crippen LogP) is 1.68. The van der Waals surface area contributed by atoms with Gasteiger partial charge >= 0.3 is 5.97 Å². The van der Waals surface area contributed by atoms with Crippen LogP contribution in [-0.2, 0) is 36.9 Å². The number of rotatable bonds is 12. The van der Waals surface area contributed by atoms with Crippen LogP contribution in [0.4, 0.5) is 0 Å². The maximum absolute atomic E-state index is 13.9. The summed E-state index contributed by atoms with van der Waals surface area (Å²) in [6.07, 6.45) is 5.58. The molecule has 12 heteroatoms. The maximum Gasteiger partial charge on any atom is 0.329 e. The van der Waals surface area contributed by atoms with Crippen molar-refractivity contribution in [3.8, 4) is 0 Å². The van der Waals surface area contributed by atoms with E-state index in [0.717, 1.165) is 29.2 Å². The Labute approximate surface area is 250 Å². The van der Waals surface area contributed by atoms with Gasteiger partial charge in [-0.1, -0.05) is 42.5 Å². The molecule has 0 bridgehead atoms. The first-order valence-electron chi connectivity index (χ1n) is 14.7. The third kappa shape index (κ3) is 7.45. The first kappa shape index (κ1) is 30.3. The Morgan fingerprint density at radius 2 is 1.98 bits per heavy atom. The number of esters is 1. The molecule has 3 heterocycles. The molecule has 228 valence electrons. The van der Waals surface area contributed by atoms with Crippen LogP contribution in [0, 0.1) is 0 Å². The number of hydrazine groups is 2. The summed E-state index contributed by atoms with van der Waals surface area (Å²) in [4.78, 5) is 62.7. The highest BCUT2D eigenvalue weighted by Gasteiger charge is 2.34. The van der Waals surface area contributed by atoms with Crippen molar-refractivity contribution in [1.82, 2.24) is 35.3 Å².